The molecule has 0 bridgehead atoms. The number of nitrogens with one attached hydrogen (secondary N) is 1. The third-order valence-corrected chi connectivity index (χ3v) is 4.13. The summed E-state index contributed by atoms with van der Waals surface area (Å²) in [5.41, 5.74) is 6.13. The van der Waals surface area contributed by atoms with Gasteiger partial charge in [-0.15, -0.1) is 0 Å². The fraction of sp³-hybridized carbons (Fsp3) is 0. The highest BCUT2D eigenvalue weighted by molar-refractivity contribution is 9.10. The minimum atomic E-state index is -0.555. The number of rotatable bonds is 3. The van der Waals surface area contributed by atoms with Crippen LogP contribution in [-0.4, -0.2) is 9.97 Å². The van der Waals surface area contributed by atoms with Crippen molar-refractivity contribution in [3.05, 3.63) is 58.2 Å². The Kier molecular flexibility index (Phi) is 3.84. The molecule has 1 aromatic heterocycles. The summed E-state index contributed by atoms with van der Waals surface area (Å²) >= 11 is 8.09. The fourth-order valence-corrected chi connectivity index (χ4v) is 2.85. The van der Waals surface area contributed by atoms with Crippen LogP contribution < -0.4 is 10.5 Å². The second kappa shape index (κ2) is 5.66. The van der Waals surface area contributed by atoms with Crippen molar-refractivity contribution >= 4 is 44.0 Å². The summed E-state index contributed by atoms with van der Waals surface area (Å²) in [6.07, 6.45) is 1.70. The lowest BCUT2D eigenvalue weighted by Crippen LogP contribution is -2.11. The van der Waals surface area contributed by atoms with Crippen LogP contribution in [0, 0.1) is 11.6 Å². The van der Waals surface area contributed by atoms with Gasteiger partial charge in [0.2, 0.25) is 0 Å². The van der Waals surface area contributed by atoms with Crippen LogP contribution in [0.4, 0.5) is 8.78 Å². The minimum Gasteiger partial charge on any atom is -0.453 e. The monoisotopic (exact) mass is 382 g/mol. The van der Waals surface area contributed by atoms with Crippen LogP contribution >= 0.6 is 28.1 Å². The van der Waals surface area contributed by atoms with E-state index in [2.05, 4.69) is 20.9 Å². The number of hydrogen-bond acceptors (Lipinski definition) is 2. The van der Waals surface area contributed by atoms with Crippen LogP contribution in [0.5, 0.6) is 11.5 Å². The van der Waals surface area contributed by atoms with E-state index in [-0.39, 0.29) is 22.1 Å². The number of aromatic amines is 1. The molecule has 0 unspecified atom stereocenters. The lowest BCUT2D eigenvalue weighted by molar-refractivity contribution is 0.439. The van der Waals surface area contributed by atoms with Crippen LogP contribution in [0.15, 0.2) is 41.0 Å². The Balaban J connectivity index is 2.06. The Morgan fingerprint density at radius 1 is 1.18 bits per heavy atom. The van der Waals surface area contributed by atoms with E-state index in [9.17, 15) is 8.78 Å². The van der Waals surface area contributed by atoms with E-state index in [4.69, 9.17) is 22.7 Å². The van der Waals surface area contributed by atoms with Crippen LogP contribution in [0.3, 0.4) is 0 Å². The van der Waals surface area contributed by atoms with E-state index in [1.807, 2.05) is 0 Å². The van der Waals surface area contributed by atoms with Crippen molar-refractivity contribution in [1.82, 2.24) is 4.98 Å². The lowest BCUT2D eigenvalue weighted by Gasteiger charge is -2.11. The van der Waals surface area contributed by atoms with Gasteiger partial charge in [0.15, 0.2) is 11.6 Å². The van der Waals surface area contributed by atoms with E-state index >= 15 is 0 Å². The quantitative estimate of drug-likeness (QED) is 0.649. The van der Waals surface area contributed by atoms with Gasteiger partial charge < -0.3 is 15.5 Å². The third kappa shape index (κ3) is 2.57. The van der Waals surface area contributed by atoms with Gasteiger partial charge in [0.1, 0.15) is 16.6 Å². The predicted molar refractivity (Wildman–Crippen MR) is 88.3 cm³/mol. The molecular formula is C15H9BrF2N2OS. The van der Waals surface area contributed by atoms with Crippen LogP contribution in [0.1, 0.15) is 5.56 Å². The first-order valence-corrected chi connectivity index (χ1v) is 7.40. The van der Waals surface area contributed by atoms with Crippen LogP contribution in [0.2, 0.25) is 0 Å². The molecule has 3 N–H and O–H groups in total. The predicted octanol–water partition coefficient (Wildman–Crippen LogP) is 4.64. The van der Waals surface area contributed by atoms with Gasteiger partial charge in [-0.05, 0) is 40.2 Å². The SMILES string of the molecule is NC(=S)c1cc(Oc2c(F)cc3[nH]ccc3c2Br)ccc1F. The summed E-state index contributed by atoms with van der Waals surface area (Å²) in [5, 5.41) is 0.771. The first-order valence-electron chi connectivity index (χ1n) is 6.19. The number of aromatic nitrogens is 1. The molecule has 0 spiro atoms. The molecule has 0 saturated heterocycles. The van der Waals surface area contributed by atoms with Gasteiger partial charge in [-0.25, -0.2) is 8.78 Å². The maximum Gasteiger partial charge on any atom is 0.177 e. The van der Waals surface area contributed by atoms with Gasteiger partial charge in [-0.1, -0.05) is 12.2 Å². The number of thiocarbonyl (C=S) groups is 1. The summed E-state index contributed by atoms with van der Waals surface area (Å²) in [7, 11) is 0. The van der Waals surface area contributed by atoms with Crippen molar-refractivity contribution in [2.45, 2.75) is 0 Å². The van der Waals surface area contributed by atoms with Crippen molar-refractivity contribution in [2.75, 3.05) is 0 Å². The number of H-pyrrole nitrogens is 1. The van der Waals surface area contributed by atoms with Crippen molar-refractivity contribution in [1.29, 1.82) is 0 Å². The molecule has 0 aliphatic heterocycles. The Morgan fingerprint density at radius 3 is 2.68 bits per heavy atom. The molecule has 112 valence electrons. The molecule has 0 atom stereocenters. The molecule has 0 aliphatic rings. The average molecular weight is 383 g/mol. The molecule has 3 aromatic rings. The second-order valence-corrected chi connectivity index (χ2v) is 5.78. The average Bonchev–Trinajstić information content (AvgIpc) is 2.93. The summed E-state index contributed by atoms with van der Waals surface area (Å²) < 4.78 is 33.8. The molecule has 0 aliphatic carbocycles. The molecule has 3 rings (SSSR count). The molecule has 22 heavy (non-hydrogen) atoms. The summed E-state index contributed by atoms with van der Waals surface area (Å²) in [5.74, 6) is -0.866. The number of ether oxygens (including phenoxy) is 1. The second-order valence-electron chi connectivity index (χ2n) is 4.55. The zero-order valence-corrected chi connectivity index (χ0v) is 13.4. The van der Waals surface area contributed by atoms with E-state index in [0.29, 0.717) is 9.99 Å². The number of halogens is 3. The van der Waals surface area contributed by atoms with Gasteiger partial charge in [-0.2, -0.15) is 0 Å². The normalized spacial score (nSPS) is 10.9. The topological polar surface area (TPSA) is 51.0 Å². The smallest absolute Gasteiger partial charge is 0.177 e. The number of nitrogens with two attached hydrogens (primary N) is 1. The molecular weight excluding hydrogens is 374 g/mol. The van der Waals surface area contributed by atoms with E-state index in [0.717, 1.165) is 5.39 Å². The van der Waals surface area contributed by atoms with Gasteiger partial charge in [0.05, 0.1) is 4.47 Å². The van der Waals surface area contributed by atoms with Crippen molar-refractivity contribution in [2.24, 2.45) is 5.73 Å². The summed E-state index contributed by atoms with van der Waals surface area (Å²) in [6.45, 7) is 0. The van der Waals surface area contributed by atoms with Gasteiger partial charge >= 0.3 is 0 Å². The molecule has 0 fully saturated rings. The number of benzene rings is 2. The van der Waals surface area contributed by atoms with Crippen molar-refractivity contribution in [3.8, 4) is 11.5 Å². The number of hydrogen-bond donors (Lipinski definition) is 2. The van der Waals surface area contributed by atoms with E-state index in [1.165, 1.54) is 24.3 Å². The van der Waals surface area contributed by atoms with Crippen molar-refractivity contribution < 1.29 is 13.5 Å². The van der Waals surface area contributed by atoms with Gasteiger partial charge in [0, 0.05) is 28.7 Å². The van der Waals surface area contributed by atoms with E-state index in [1.54, 1.807) is 12.3 Å². The molecule has 0 amide bonds. The summed E-state index contributed by atoms with van der Waals surface area (Å²) in [6, 6.07) is 7.00. The highest BCUT2D eigenvalue weighted by Gasteiger charge is 2.16. The highest BCUT2D eigenvalue weighted by atomic mass is 79.9. The molecule has 7 heteroatoms. The third-order valence-electron chi connectivity index (χ3n) is 3.13. The highest BCUT2D eigenvalue weighted by Crippen LogP contribution is 2.38. The van der Waals surface area contributed by atoms with Gasteiger partial charge in [0.25, 0.3) is 0 Å². The largest absolute Gasteiger partial charge is 0.453 e. The van der Waals surface area contributed by atoms with Crippen molar-refractivity contribution in [3.63, 3.8) is 0 Å². The number of fused-ring (bicyclic) bond motifs is 1. The lowest BCUT2D eigenvalue weighted by atomic mass is 10.2. The fourth-order valence-electron chi connectivity index (χ4n) is 2.08. The van der Waals surface area contributed by atoms with Crippen LogP contribution in [-0.2, 0) is 0 Å². The minimum absolute atomic E-state index is 0.00704. The molecule has 1 heterocycles. The Labute approximate surface area is 138 Å². The first kappa shape index (κ1) is 14.9. The van der Waals surface area contributed by atoms with Gasteiger partial charge in [-0.3, -0.25) is 0 Å². The maximum absolute atomic E-state index is 14.2. The Morgan fingerprint density at radius 2 is 1.95 bits per heavy atom. The van der Waals surface area contributed by atoms with E-state index < -0.39 is 11.6 Å². The summed E-state index contributed by atoms with van der Waals surface area (Å²) in [4.78, 5) is 2.82. The Bertz CT molecular complexity index is 895. The standard InChI is InChI=1S/C15H9BrF2N2OS/c16-13-8-3-4-20-12(8)6-11(18)14(13)21-7-1-2-10(17)9(5-7)15(19)22/h1-6,20H,(H2,19,22). The zero-order chi connectivity index (χ0) is 15.9. The zero-order valence-electron chi connectivity index (χ0n) is 11.0. The molecule has 2 aromatic carbocycles. The molecule has 0 radical (unpaired) electrons. The Hall–Kier alpha value is -1.99. The maximum atomic E-state index is 14.2. The molecule has 0 saturated carbocycles. The van der Waals surface area contributed by atoms with Crippen LogP contribution in [0.25, 0.3) is 10.9 Å². The first-order chi connectivity index (χ1) is 10.5. The molecule has 3 nitrogen and oxygen atoms in total.